The Morgan fingerprint density at radius 3 is 2.92 bits per heavy atom. The summed E-state index contributed by atoms with van der Waals surface area (Å²) in [6.45, 7) is 0. The molecule has 3 rings (SSSR count). The van der Waals surface area contributed by atoms with Gasteiger partial charge in [0.05, 0.1) is 23.7 Å². The van der Waals surface area contributed by atoms with Gasteiger partial charge in [0, 0.05) is 0 Å². The summed E-state index contributed by atoms with van der Waals surface area (Å²) in [7, 11) is 1.34. The van der Waals surface area contributed by atoms with Crippen molar-refractivity contribution in [3.05, 3.63) is 53.9 Å². The average Bonchev–Trinajstić information content (AvgIpc) is 3.03. The second-order valence-corrected chi connectivity index (χ2v) is 4.90. The van der Waals surface area contributed by atoms with Crippen LogP contribution in [0.25, 0.3) is 22.7 Å². The van der Waals surface area contributed by atoms with Gasteiger partial charge in [-0.2, -0.15) is 5.26 Å². The van der Waals surface area contributed by atoms with Gasteiger partial charge in [-0.3, -0.25) is 0 Å². The molecule has 0 amide bonds. The van der Waals surface area contributed by atoms with Gasteiger partial charge >= 0.3 is 0 Å². The molecule has 1 heterocycles. The quantitative estimate of drug-likeness (QED) is 0.288. The Labute approximate surface area is 137 Å². The number of benzene rings is 2. The first-order valence-electron chi connectivity index (χ1n) is 7.07. The molecule has 0 saturated heterocycles. The number of allylic oxidation sites excluding steroid dienone is 1. The summed E-state index contributed by atoms with van der Waals surface area (Å²) in [5, 5.41) is 19.2. The van der Waals surface area contributed by atoms with Crippen LogP contribution in [0.4, 0.5) is 5.69 Å². The standard InChI is InChI=1S/C17H14N4O3/c1-23-24-21-15-9-11(6-7-16(15)22)8-12(10-18)17-19-13-4-2-3-5-14(13)20-17/h2-9,21-22H,1H3,(H,19,20)/b12-8+. The number of phenols is 1. The Morgan fingerprint density at radius 2 is 2.17 bits per heavy atom. The molecule has 0 radical (unpaired) electrons. The third-order valence-corrected chi connectivity index (χ3v) is 3.33. The Morgan fingerprint density at radius 1 is 1.33 bits per heavy atom. The van der Waals surface area contributed by atoms with Crippen molar-refractivity contribution in [2.24, 2.45) is 0 Å². The van der Waals surface area contributed by atoms with Crippen LogP contribution in [0.1, 0.15) is 11.4 Å². The molecule has 2 aromatic carbocycles. The van der Waals surface area contributed by atoms with E-state index in [0.717, 1.165) is 11.0 Å². The van der Waals surface area contributed by atoms with E-state index in [1.807, 2.05) is 24.3 Å². The molecule has 1 aromatic heterocycles. The van der Waals surface area contributed by atoms with Crippen molar-refractivity contribution in [3.63, 3.8) is 0 Å². The summed E-state index contributed by atoms with van der Waals surface area (Å²) in [5.41, 5.74) is 5.46. The second kappa shape index (κ2) is 6.83. The van der Waals surface area contributed by atoms with Gasteiger partial charge in [-0.25, -0.2) is 15.4 Å². The van der Waals surface area contributed by atoms with Crippen molar-refractivity contribution < 1.29 is 15.0 Å². The lowest BCUT2D eigenvalue weighted by atomic mass is 10.1. The summed E-state index contributed by atoms with van der Waals surface area (Å²) in [5.74, 6) is 0.473. The number of hydrogen-bond acceptors (Lipinski definition) is 6. The molecule has 0 saturated carbocycles. The molecule has 0 atom stereocenters. The number of aromatic hydroxyl groups is 1. The highest BCUT2D eigenvalue weighted by Crippen LogP contribution is 2.26. The van der Waals surface area contributed by atoms with Crippen molar-refractivity contribution >= 4 is 28.4 Å². The fourth-order valence-electron chi connectivity index (χ4n) is 2.21. The number of rotatable bonds is 5. The molecule has 3 N–H and O–H groups in total. The Kier molecular flexibility index (Phi) is 4.43. The zero-order valence-electron chi connectivity index (χ0n) is 12.8. The number of H-pyrrole nitrogens is 1. The van der Waals surface area contributed by atoms with Gasteiger partial charge in [-0.1, -0.05) is 18.2 Å². The van der Waals surface area contributed by atoms with Gasteiger partial charge in [0.2, 0.25) is 0 Å². The van der Waals surface area contributed by atoms with E-state index in [-0.39, 0.29) is 5.75 Å². The van der Waals surface area contributed by atoms with Gasteiger partial charge in [0.1, 0.15) is 23.3 Å². The molecule has 3 aromatic rings. The van der Waals surface area contributed by atoms with Crippen molar-refractivity contribution in [2.75, 3.05) is 12.6 Å². The third kappa shape index (κ3) is 3.20. The third-order valence-electron chi connectivity index (χ3n) is 3.33. The topological polar surface area (TPSA) is 103 Å². The molecule has 120 valence electrons. The maximum atomic E-state index is 9.76. The van der Waals surface area contributed by atoms with Crippen molar-refractivity contribution in [2.45, 2.75) is 0 Å². The lowest BCUT2D eigenvalue weighted by Crippen LogP contribution is -1.99. The van der Waals surface area contributed by atoms with E-state index in [4.69, 9.17) is 0 Å². The molecule has 0 fully saturated rings. The van der Waals surface area contributed by atoms with Crippen LogP contribution >= 0.6 is 0 Å². The van der Waals surface area contributed by atoms with E-state index < -0.39 is 0 Å². The lowest BCUT2D eigenvalue weighted by Gasteiger charge is -2.07. The Balaban J connectivity index is 1.97. The summed E-state index contributed by atoms with van der Waals surface area (Å²) < 4.78 is 0. The minimum atomic E-state index is -0.00792. The minimum Gasteiger partial charge on any atom is -0.506 e. The first-order chi connectivity index (χ1) is 11.7. The van der Waals surface area contributed by atoms with Crippen LogP contribution in [-0.4, -0.2) is 22.2 Å². The predicted molar refractivity (Wildman–Crippen MR) is 89.4 cm³/mol. The molecule has 7 heteroatoms. The van der Waals surface area contributed by atoms with Crippen LogP contribution in [0.15, 0.2) is 42.5 Å². The van der Waals surface area contributed by atoms with Gasteiger partial charge in [0.15, 0.2) is 0 Å². The van der Waals surface area contributed by atoms with Gasteiger partial charge < -0.3 is 10.1 Å². The minimum absolute atomic E-state index is 0.00792. The van der Waals surface area contributed by atoms with E-state index in [1.54, 1.807) is 18.2 Å². The zero-order valence-corrected chi connectivity index (χ0v) is 12.8. The highest BCUT2D eigenvalue weighted by atomic mass is 17.3. The van der Waals surface area contributed by atoms with E-state index in [0.29, 0.717) is 22.6 Å². The van der Waals surface area contributed by atoms with Crippen LogP contribution in [0.3, 0.4) is 0 Å². The average molecular weight is 322 g/mol. The summed E-state index contributed by atoms with van der Waals surface area (Å²) in [6.07, 6.45) is 1.66. The molecule has 0 aliphatic rings. The monoisotopic (exact) mass is 322 g/mol. The number of aromatic amines is 1. The first-order valence-corrected chi connectivity index (χ1v) is 7.07. The normalized spacial score (nSPS) is 11.4. The summed E-state index contributed by atoms with van der Waals surface area (Å²) in [6, 6.07) is 14.5. The van der Waals surface area contributed by atoms with E-state index in [1.165, 1.54) is 13.2 Å². The number of anilines is 1. The maximum absolute atomic E-state index is 9.76. The number of nitrogens with zero attached hydrogens (tertiary/aromatic N) is 2. The van der Waals surface area contributed by atoms with Crippen molar-refractivity contribution in [1.82, 2.24) is 9.97 Å². The SMILES string of the molecule is COONc1cc(/C=C(\C#N)c2nc3ccccc3[nH]2)ccc1O. The maximum Gasteiger partial charge on any atom is 0.149 e. The van der Waals surface area contributed by atoms with Crippen molar-refractivity contribution in [1.29, 1.82) is 5.26 Å². The van der Waals surface area contributed by atoms with Crippen LogP contribution in [0, 0.1) is 11.3 Å². The molecule has 7 nitrogen and oxygen atoms in total. The number of para-hydroxylation sites is 2. The molecule has 0 aliphatic carbocycles. The van der Waals surface area contributed by atoms with Crippen LogP contribution in [-0.2, 0) is 9.88 Å². The molecule has 0 bridgehead atoms. The van der Waals surface area contributed by atoms with E-state index in [2.05, 4.69) is 31.4 Å². The largest absolute Gasteiger partial charge is 0.506 e. The molecule has 24 heavy (non-hydrogen) atoms. The van der Waals surface area contributed by atoms with Crippen molar-refractivity contribution in [3.8, 4) is 11.8 Å². The van der Waals surface area contributed by atoms with Gasteiger partial charge in [0.25, 0.3) is 0 Å². The zero-order chi connectivity index (χ0) is 16.9. The number of phenolic OH excluding ortho intramolecular Hbond substituents is 1. The van der Waals surface area contributed by atoms with Gasteiger partial charge in [-0.15, -0.1) is 4.99 Å². The fourth-order valence-corrected chi connectivity index (χ4v) is 2.21. The molecule has 0 spiro atoms. The summed E-state index contributed by atoms with van der Waals surface area (Å²) >= 11 is 0. The number of hydrogen-bond donors (Lipinski definition) is 3. The lowest BCUT2D eigenvalue weighted by molar-refractivity contribution is -0.248. The summed E-state index contributed by atoms with van der Waals surface area (Å²) in [4.78, 5) is 16.6. The highest BCUT2D eigenvalue weighted by Gasteiger charge is 2.09. The van der Waals surface area contributed by atoms with Gasteiger partial charge in [-0.05, 0) is 35.9 Å². The molecular weight excluding hydrogens is 308 g/mol. The molecule has 0 aliphatic heterocycles. The fraction of sp³-hybridized carbons (Fsp3) is 0.0588. The first kappa shape index (κ1) is 15.6. The molecule has 0 unspecified atom stereocenters. The van der Waals surface area contributed by atoms with E-state index >= 15 is 0 Å². The van der Waals surface area contributed by atoms with Crippen LogP contribution in [0.2, 0.25) is 0 Å². The number of nitriles is 1. The Bertz CT molecular complexity index is 907. The molecular formula is C17H14N4O3. The highest BCUT2D eigenvalue weighted by molar-refractivity contribution is 5.90. The number of imidazole rings is 1. The van der Waals surface area contributed by atoms with Crippen LogP contribution < -0.4 is 5.48 Å². The van der Waals surface area contributed by atoms with Crippen LogP contribution in [0.5, 0.6) is 5.75 Å². The Hall–Kier alpha value is -3.34. The number of fused-ring (bicyclic) bond motifs is 1. The number of nitrogens with one attached hydrogen (secondary N) is 2. The van der Waals surface area contributed by atoms with E-state index in [9.17, 15) is 10.4 Å². The predicted octanol–water partition coefficient (Wildman–Crippen LogP) is 3.24. The smallest absolute Gasteiger partial charge is 0.149 e. The number of aromatic nitrogens is 2. The second-order valence-electron chi connectivity index (χ2n) is 4.90.